The average Bonchev–Trinajstić information content (AvgIpc) is 2.37. The minimum Gasteiger partial charge on any atom is -0.492 e. The van der Waals surface area contributed by atoms with Crippen LogP contribution in [-0.2, 0) is 4.79 Å². The van der Waals surface area contributed by atoms with Gasteiger partial charge in [0.15, 0.2) is 0 Å². The van der Waals surface area contributed by atoms with Gasteiger partial charge in [-0.25, -0.2) is 0 Å². The Hall–Kier alpha value is -0.780. The summed E-state index contributed by atoms with van der Waals surface area (Å²) in [5.74, 6) is 0.827. The van der Waals surface area contributed by atoms with Gasteiger partial charge in [-0.1, -0.05) is 15.9 Å². The molecule has 1 aliphatic carbocycles. The Morgan fingerprint density at radius 1 is 1.40 bits per heavy atom. The minimum absolute atomic E-state index is 0. The van der Waals surface area contributed by atoms with E-state index in [2.05, 4.69) is 15.9 Å². The van der Waals surface area contributed by atoms with Gasteiger partial charge in [0.25, 0.3) is 0 Å². The van der Waals surface area contributed by atoms with E-state index in [4.69, 9.17) is 10.5 Å². The molecule has 4 nitrogen and oxygen atoms in total. The molecule has 1 saturated carbocycles. The van der Waals surface area contributed by atoms with Crippen molar-refractivity contribution in [1.82, 2.24) is 4.90 Å². The number of nitrogens with zero attached hydrogens (tertiary/aromatic N) is 1. The number of rotatable bonds is 5. The summed E-state index contributed by atoms with van der Waals surface area (Å²) in [5, 5.41) is 0. The quantitative estimate of drug-likeness (QED) is 0.875. The standard InChI is InChI=1S/C14H19BrN2O2.ClH/c1-17(13(18)14(16)7-2-8-14)9-10-19-12-5-3-11(15)4-6-12;/h3-6H,2,7-10,16H2,1H3;1H. The van der Waals surface area contributed by atoms with E-state index >= 15 is 0 Å². The molecule has 6 heteroatoms. The summed E-state index contributed by atoms with van der Waals surface area (Å²) in [5.41, 5.74) is 5.39. The first-order valence-corrected chi connectivity index (χ1v) is 7.23. The molecular formula is C14H20BrClN2O2. The lowest BCUT2D eigenvalue weighted by Gasteiger charge is -2.39. The summed E-state index contributed by atoms with van der Waals surface area (Å²) < 4.78 is 6.61. The number of amides is 1. The highest BCUT2D eigenvalue weighted by Gasteiger charge is 2.41. The zero-order chi connectivity index (χ0) is 13.9. The van der Waals surface area contributed by atoms with Crippen LogP contribution < -0.4 is 10.5 Å². The summed E-state index contributed by atoms with van der Waals surface area (Å²) in [6.45, 7) is 1.02. The molecule has 0 heterocycles. The van der Waals surface area contributed by atoms with Crippen LogP contribution >= 0.6 is 28.3 Å². The molecule has 0 aromatic heterocycles. The molecule has 112 valence electrons. The molecule has 1 amide bonds. The van der Waals surface area contributed by atoms with E-state index < -0.39 is 5.54 Å². The molecule has 0 radical (unpaired) electrons. The number of carbonyl (C=O) groups is 1. The highest BCUT2D eigenvalue weighted by atomic mass is 79.9. The van der Waals surface area contributed by atoms with Gasteiger partial charge in [-0.2, -0.15) is 0 Å². The fourth-order valence-corrected chi connectivity index (χ4v) is 2.35. The Kier molecular flexibility index (Phi) is 6.30. The van der Waals surface area contributed by atoms with E-state index in [-0.39, 0.29) is 18.3 Å². The van der Waals surface area contributed by atoms with Crippen LogP contribution in [0.5, 0.6) is 5.75 Å². The number of benzene rings is 1. The van der Waals surface area contributed by atoms with E-state index in [1.807, 2.05) is 24.3 Å². The van der Waals surface area contributed by atoms with E-state index in [9.17, 15) is 4.79 Å². The third-order valence-corrected chi connectivity index (χ3v) is 4.06. The molecule has 2 N–H and O–H groups in total. The van der Waals surface area contributed by atoms with Gasteiger partial charge in [0.1, 0.15) is 12.4 Å². The molecule has 1 aromatic rings. The highest BCUT2D eigenvalue weighted by Crippen LogP contribution is 2.30. The van der Waals surface area contributed by atoms with Crippen molar-refractivity contribution in [3.05, 3.63) is 28.7 Å². The second kappa shape index (κ2) is 7.29. The lowest BCUT2D eigenvalue weighted by atomic mass is 9.77. The average molecular weight is 364 g/mol. The van der Waals surface area contributed by atoms with Crippen LogP contribution in [0.15, 0.2) is 28.7 Å². The van der Waals surface area contributed by atoms with Gasteiger partial charge in [-0.05, 0) is 43.5 Å². The molecular weight excluding hydrogens is 344 g/mol. The van der Waals surface area contributed by atoms with Crippen molar-refractivity contribution in [2.24, 2.45) is 5.73 Å². The van der Waals surface area contributed by atoms with Crippen LogP contribution in [0.1, 0.15) is 19.3 Å². The molecule has 20 heavy (non-hydrogen) atoms. The maximum absolute atomic E-state index is 12.1. The lowest BCUT2D eigenvalue weighted by molar-refractivity contribution is -0.139. The van der Waals surface area contributed by atoms with Gasteiger partial charge >= 0.3 is 0 Å². The third kappa shape index (κ3) is 4.11. The number of likely N-dealkylation sites (N-methyl/N-ethyl adjacent to an activating group) is 1. The third-order valence-electron chi connectivity index (χ3n) is 3.53. The van der Waals surface area contributed by atoms with Crippen molar-refractivity contribution >= 4 is 34.2 Å². The Labute approximate surface area is 134 Å². The summed E-state index contributed by atoms with van der Waals surface area (Å²) in [7, 11) is 1.78. The van der Waals surface area contributed by atoms with Gasteiger partial charge < -0.3 is 15.4 Å². The van der Waals surface area contributed by atoms with Crippen molar-refractivity contribution in [3.63, 3.8) is 0 Å². The SMILES string of the molecule is CN(CCOc1ccc(Br)cc1)C(=O)C1(N)CCC1.Cl. The predicted molar refractivity (Wildman–Crippen MR) is 85.3 cm³/mol. The number of halogens is 2. The monoisotopic (exact) mass is 362 g/mol. The van der Waals surface area contributed by atoms with Crippen molar-refractivity contribution < 1.29 is 9.53 Å². The maximum atomic E-state index is 12.1. The van der Waals surface area contributed by atoms with Crippen LogP contribution in [-0.4, -0.2) is 36.5 Å². The van der Waals surface area contributed by atoms with Crippen LogP contribution in [0.2, 0.25) is 0 Å². The van der Waals surface area contributed by atoms with E-state index in [1.54, 1.807) is 11.9 Å². The molecule has 2 rings (SSSR count). The molecule has 0 atom stereocenters. The van der Waals surface area contributed by atoms with Crippen LogP contribution in [0, 0.1) is 0 Å². The van der Waals surface area contributed by atoms with Crippen LogP contribution in [0.3, 0.4) is 0 Å². The van der Waals surface area contributed by atoms with E-state index in [1.165, 1.54) is 0 Å². The van der Waals surface area contributed by atoms with E-state index in [0.717, 1.165) is 29.5 Å². The summed E-state index contributed by atoms with van der Waals surface area (Å²) >= 11 is 3.37. The zero-order valence-corrected chi connectivity index (χ0v) is 13.9. The minimum atomic E-state index is -0.619. The summed E-state index contributed by atoms with van der Waals surface area (Å²) in [4.78, 5) is 13.7. The van der Waals surface area contributed by atoms with Crippen LogP contribution in [0.4, 0.5) is 0 Å². The van der Waals surface area contributed by atoms with Crippen molar-refractivity contribution in [2.45, 2.75) is 24.8 Å². The lowest BCUT2D eigenvalue weighted by Crippen LogP contribution is -2.59. The first kappa shape index (κ1) is 17.3. The fourth-order valence-electron chi connectivity index (χ4n) is 2.08. The normalized spacial score (nSPS) is 15.8. The Morgan fingerprint density at radius 3 is 2.50 bits per heavy atom. The van der Waals surface area contributed by atoms with Gasteiger partial charge in [-0.15, -0.1) is 12.4 Å². The molecule has 0 bridgehead atoms. The van der Waals surface area contributed by atoms with Crippen LogP contribution in [0.25, 0.3) is 0 Å². The highest BCUT2D eigenvalue weighted by molar-refractivity contribution is 9.10. The van der Waals surface area contributed by atoms with Gasteiger partial charge in [0, 0.05) is 11.5 Å². The number of ether oxygens (including phenoxy) is 1. The zero-order valence-electron chi connectivity index (χ0n) is 11.5. The van der Waals surface area contributed by atoms with E-state index in [0.29, 0.717) is 13.2 Å². The van der Waals surface area contributed by atoms with Crippen molar-refractivity contribution in [2.75, 3.05) is 20.2 Å². The Morgan fingerprint density at radius 2 is 2.00 bits per heavy atom. The van der Waals surface area contributed by atoms with Gasteiger partial charge in [0.2, 0.25) is 5.91 Å². The Balaban J connectivity index is 0.00000200. The predicted octanol–water partition coefficient (Wildman–Crippen LogP) is 2.59. The van der Waals surface area contributed by atoms with Crippen molar-refractivity contribution in [3.8, 4) is 5.75 Å². The first-order chi connectivity index (χ1) is 9.01. The number of hydrogen-bond acceptors (Lipinski definition) is 3. The number of carbonyl (C=O) groups excluding carboxylic acids is 1. The second-order valence-electron chi connectivity index (χ2n) is 5.04. The molecule has 0 saturated heterocycles. The fraction of sp³-hybridized carbons (Fsp3) is 0.500. The van der Waals surface area contributed by atoms with Crippen molar-refractivity contribution in [1.29, 1.82) is 0 Å². The molecule has 0 unspecified atom stereocenters. The summed E-state index contributed by atoms with van der Waals surface area (Å²) in [6, 6.07) is 7.63. The second-order valence-corrected chi connectivity index (χ2v) is 5.95. The molecule has 1 fully saturated rings. The number of nitrogens with two attached hydrogens (primary N) is 1. The largest absolute Gasteiger partial charge is 0.492 e. The van der Waals surface area contributed by atoms with Gasteiger partial charge in [0.05, 0.1) is 12.1 Å². The molecule has 0 spiro atoms. The smallest absolute Gasteiger partial charge is 0.242 e. The number of hydrogen-bond donors (Lipinski definition) is 1. The molecule has 1 aliphatic rings. The Bertz CT molecular complexity index is 449. The topological polar surface area (TPSA) is 55.6 Å². The summed E-state index contributed by atoms with van der Waals surface area (Å²) in [6.07, 6.45) is 2.64. The molecule has 1 aromatic carbocycles. The first-order valence-electron chi connectivity index (χ1n) is 6.44. The maximum Gasteiger partial charge on any atom is 0.242 e. The van der Waals surface area contributed by atoms with Gasteiger partial charge in [-0.3, -0.25) is 4.79 Å². The molecule has 0 aliphatic heterocycles.